The highest BCUT2D eigenvalue weighted by Gasteiger charge is 2.17. The van der Waals surface area contributed by atoms with Crippen LogP contribution in [0, 0.1) is 0 Å². The standard InChI is InChI=1S/C22H28N4O3/c1-29-21-10-9-17(16-19(21)24-22(23)28)20(27)8-5-11-25-12-14-26(15-13-25)18-6-3-2-4-7-18/h2-4,6-7,9-10,16H,5,8,11-15H2,1H3,(H3,23,24,28). The van der Waals surface area contributed by atoms with Gasteiger partial charge in [0, 0.05) is 43.9 Å². The Balaban J connectivity index is 1.46. The average Bonchev–Trinajstić information content (AvgIpc) is 2.74. The van der Waals surface area contributed by atoms with Gasteiger partial charge in [-0.05, 0) is 43.3 Å². The van der Waals surface area contributed by atoms with E-state index in [0.29, 0.717) is 23.4 Å². The number of carbonyl (C=O) groups excluding carboxylic acids is 2. The Morgan fingerprint density at radius 2 is 1.79 bits per heavy atom. The summed E-state index contributed by atoms with van der Waals surface area (Å²) < 4.78 is 5.19. The van der Waals surface area contributed by atoms with Crippen molar-refractivity contribution in [2.45, 2.75) is 12.8 Å². The minimum atomic E-state index is -0.692. The highest BCUT2D eigenvalue weighted by Crippen LogP contribution is 2.26. The van der Waals surface area contributed by atoms with Gasteiger partial charge in [-0.3, -0.25) is 9.69 Å². The number of hydrogen-bond donors (Lipinski definition) is 2. The molecule has 1 aliphatic rings. The van der Waals surface area contributed by atoms with E-state index in [1.807, 2.05) is 6.07 Å². The Labute approximate surface area is 171 Å². The topological polar surface area (TPSA) is 87.9 Å². The fraction of sp³-hybridized carbons (Fsp3) is 0.364. The Kier molecular flexibility index (Phi) is 7.08. The second kappa shape index (κ2) is 9.93. The molecule has 1 saturated heterocycles. The Bertz CT molecular complexity index is 833. The van der Waals surface area contributed by atoms with Crippen LogP contribution in [0.5, 0.6) is 5.75 Å². The van der Waals surface area contributed by atoms with Crippen LogP contribution in [-0.2, 0) is 0 Å². The average molecular weight is 396 g/mol. The summed E-state index contributed by atoms with van der Waals surface area (Å²) in [6, 6.07) is 14.8. The number of benzene rings is 2. The molecule has 7 heteroatoms. The van der Waals surface area contributed by atoms with Crippen LogP contribution in [0.2, 0.25) is 0 Å². The largest absolute Gasteiger partial charge is 0.495 e. The monoisotopic (exact) mass is 396 g/mol. The smallest absolute Gasteiger partial charge is 0.316 e. The number of nitrogens with zero attached hydrogens (tertiary/aromatic N) is 2. The Hall–Kier alpha value is -3.06. The molecule has 1 heterocycles. The van der Waals surface area contributed by atoms with Gasteiger partial charge < -0.3 is 20.7 Å². The number of carbonyl (C=O) groups is 2. The van der Waals surface area contributed by atoms with Gasteiger partial charge in [0.1, 0.15) is 5.75 Å². The number of piperazine rings is 1. The fourth-order valence-electron chi connectivity index (χ4n) is 3.59. The van der Waals surface area contributed by atoms with Crippen LogP contribution in [0.4, 0.5) is 16.2 Å². The number of ketones is 1. The molecule has 2 aromatic rings. The fourth-order valence-corrected chi connectivity index (χ4v) is 3.59. The second-order valence-corrected chi connectivity index (χ2v) is 7.10. The third-order valence-corrected chi connectivity index (χ3v) is 5.15. The molecule has 0 bridgehead atoms. The summed E-state index contributed by atoms with van der Waals surface area (Å²) in [7, 11) is 1.50. The van der Waals surface area contributed by atoms with E-state index in [1.165, 1.54) is 12.8 Å². The van der Waals surface area contributed by atoms with E-state index in [4.69, 9.17) is 10.5 Å². The zero-order chi connectivity index (χ0) is 20.6. The van der Waals surface area contributed by atoms with Crippen molar-refractivity contribution in [3.05, 3.63) is 54.1 Å². The number of anilines is 2. The van der Waals surface area contributed by atoms with Crippen LogP contribution in [0.1, 0.15) is 23.2 Å². The molecule has 1 fully saturated rings. The van der Waals surface area contributed by atoms with Crippen molar-refractivity contribution in [2.24, 2.45) is 5.73 Å². The van der Waals surface area contributed by atoms with Crippen LogP contribution in [0.25, 0.3) is 0 Å². The summed E-state index contributed by atoms with van der Waals surface area (Å²) >= 11 is 0. The molecule has 0 aromatic heterocycles. The van der Waals surface area contributed by atoms with Crippen LogP contribution in [-0.4, -0.2) is 56.5 Å². The first kappa shape index (κ1) is 20.7. The van der Waals surface area contributed by atoms with Gasteiger partial charge in [-0.15, -0.1) is 0 Å². The Morgan fingerprint density at radius 1 is 1.07 bits per heavy atom. The normalized spacial score (nSPS) is 14.4. The van der Waals surface area contributed by atoms with Crippen LogP contribution in [0.15, 0.2) is 48.5 Å². The number of rotatable bonds is 8. The first-order valence-corrected chi connectivity index (χ1v) is 9.87. The summed E-state index contributed by atoms with van der Waals surface area (Å²) in [4.78, 5) is 28.5. The lowest BCUT2D eigenvalue weighted by Crippen LogP contribution is -2.46. The molecule has 154 valence electrons. The zero-order valence-corrected chi connectivity index (χ0v) is 16.8. The highest BCUT2D eigenvalue weighted by molar-refractivity contribution is 5.99. The van der Waals surface area contributed by atoms with Crippen molar-refractivity contribution in [1.82, 2.24) is 4.90 Å². The van der Waals surface area contributed by atoms with E-state index >= 15 is 0 Å². The summed E-state index contributed by atoms with van der Waals surface area (Å²) in [5.74, 6) is 0.514. The summed E-state index contributed by atoms with van der Waals surface area (Å²) in [5, 5.41) is 2.49. The molecule has 0 spiro atoms. The molecule has 0 radical (unpaired) electrons. The molecule has 0 unspecified atom stereocenters. The van der Waals surface area contributed by atoms with Gasteiger partial charge in [0.15, 0.2) is 5.78 Å². The second-order valence-electron chi connectivity index (χ2n) is 7.10. The molecule has 2 amide bonds. The molecule has 1 aliphatic heterocycles. The number of nitrogens with one attached hydrogen (secondary N) is 1. The summed E-state index contributed by atoms with van der Waals surface area (Å²) in [6.07, 6.45) is 1.26. The van der Waals surface area contributed by atoms with Gasteiger partial charge >= 0.3 is 6.03 Å². The van der Waals surface area contributed by atoms with E-state index in [2.05, 4.69) is 39.4 Å². The third-order valence-electron chi connectivity index (χ3n) is 5.15. The number of nitrogens with two attached hydrogens (primary N) is 1. The van der Waals surface area contributed by atoms with Crippen molar-refractivity contribution < 1.29 is 14.3 Å². The lowest BCUT2D eigenvalue weighted by atomic mass is 10.0. The van der Waals surface area contributed by atoms with Crippen LogP contribution in [0.3, 0.4) is 0 Å². The van der Waals surface area contributed by atoms with Crippen molar-refractivity contribution in [2.75, 3.05) is 50.1 Å². The molecule has 7 nitrogen and oxygen atoms in total. The number of amides is 2. The van der Waals surface area contributed by atoms with Crippen LogP contribution >= 0.6 is 0 Å². The molecule has 2 aromatic carbocycles. The first-order valence-electron chi connectivity index (χ1n) is 9.87. The van der Waals surface area contributed by atoms with Gasteiger partial charge in [0.2, 0.25) is 0 Å². The molecule has 0 atom stereocenters. The maximum Gasteiger partial charge on any atom is 0.316 e. The number of urea groups is 1. The van der Waals surface area contributed by atoms with Crippen LogP contribution < -0.4 is 20.7 Å². The van der Waals surface area contributed by atoms with Gasteiger partial charge in [-0.25, -0.2) is 4.79 Å². The minimum Gasteiger partial charge on any atom is -0.495 e. The van der Waals surface area contributed by atoms with Crippen molar-refractivity contribution >= 4 is 23.2 Å². The van der Waals surface area contributed by atoms with E-state index < -0.39 is 6.03 Å². The number of para-hydroxylation sites is 1. The number of primary amides is 1. The van der Waals surface area contributed by atoms with E-state index in [9.17, 15) is 9.59 Å². The van der Waals surface area contributed by atoms with Crippen molar-refractivity contribution in [3.8, 4) is 5.75 Å². The van der Waals surface area contributed by atoms with Gasteiger partial charge in [-0.1, -0.05) is 18.2 Å². The van der Waals surface area contributed by atoms with Gasteiger partial charge in [-0.2, -0.15) is 0 Å². The lowest BCUT2D eigenvalue weighted by Gasteiger charge is -2.36. The number of Topliss-reactive ketones (excluding diaryl/α,β-unsaturated/α-hetero) is 1. The Morgan fingerprint density at radius 3 is 2.45 bits per heavy atom. The van der Waals surface area contributed by atoms with E-state index in [-0.39, 0.29) is 5.78 Å². The van der Waals surface area contributed by atoms with Crippen molar-refractivity contribution in [1.29, 1.82) is 0 Å². The van der Waals surface area contributed by atoms with Crippen molar-refractivity contribution in [3.63, 3.8) is 0 Å². The molecule has 3 rings (SSSR count). The first-order chi connectivity index (χ1) is 14.1. The predicted molar refractivity (Wildman–Crippen MR) is 115 cm³/mol. The summed E-state index contributed by atoms with van der Waals surface area (Å²) in [5.41, 5.74) is 7.40. The number of hydrogen-bond acceptors (Lipinski definition) is 5. The third kappa shape index (κ3) is 5.71. The SMILES string of the molecule is COc1ccc(C(=O)CCCN2CCN(c3ccccc3)CC2)cc1NC(N)=O. The zero-order valence-electron chi connectivity index (χ0n) is 16.8. The van der Waals surface area contributed by atoms with E-state index in [0.717, 1.165) is 39.1 Å². The maximum absolute atomic E-state index is 12.5. The van der Waals surface area contributed by atoms with Gasteiger partial charge in [0.25, 0.3) is 0 Å². The quantitative estimate of drug-likeness (QED) is 0.670. The lowest BCUT2D eigenvalue weighted by molar-refractivity contribution is 0.0974. The highest BCUT2D eigenvalue weighted by atomic mass is 16.5. The molecular weight excluding hydrogens is 368 g/mol. The summed E-state index contributed by atoms with van der Waals surface area (Å²) in [6.45, 7) is 4.89. The van der Waals surface area contributed by atoms with E-state index in [1.54, 1.807) is 18.2 Å². The molecule has 0 saturated carbocycles. The molecule has 3 N–H and O–H groups in total. The predicted octanol–water partition coefficient (Wildman–Crippen LogP) is 2.97. The number of methoxy groups -OCH3 is 1. The maximum atomic E-state index is 12.5. The number of ether oxygens (including phenoxy) is 1. The molecule has 0 aliphatic carbocycles. The molecular formula is C22H28N4O3. The minimum absolute atomic E-state index is 0.0445. The molecule has 29 heavy (non-hydrogen) atoms. The van der Waals surface area contributed by atoms with Gasteiger partial charge in [0.05, 0.1) is 12.8 Å².